The molecule has 0 bridgehead atoms. The zero-order chi connectivity index (χ0) is 14.1. The van der Waals surface area contributed by atoms with E-state index in [1.807, 2.05) is 13.8 Å². The molecule has 0 aromatic rings. The molecule has 2 N–H and O–H groups in total. The predicted octanol–water partition coefficient (Wildman–Crippen LogP) is 0.867. The Bertz CT molecular complexity index is 272. The van der Waals surface area contributed by atoms with Crippen LogP contribution in [0.15, 0.2) is 0 Å². The van der Waals surface area contributed by atoms with Gasteiger partial charge in [-0.2, -0.15) is 11.8 Å². The second-order valence-corrected chi connectivity index (χ2v) is 5.40. The summed E-state index contributed by atoms with van der Waals surface area (Å²) in [6.45, 7) is 6.04. The average Bonchev–Trinajstić information content (AvgIpc) is 2.33. The number of nitrogens with two attached hydrogens (primary N) is 1. The van der Waals surface area contributed by atoms with Gasteiger partial charge in [-0.3, -0.25) is 9.59 Å². The molecule has 0 aromatic heterocycles. The third-order valence-corrected chi connectivity index (χ3v) is 3.53. The zero-order valence-corrected chi connectivity index (χ0v) is 12.5. The molecule has 0 rings (SSSR count). The van der Waals surface area contributed by atoms with Crippen LogP contribution in [0.3, 0.4) is 0 Å². The van der Waals surface area contributed by atoms with Gasteiger partial charge < -0.3 is 15.4 Å². The van der Waals surface area contributed by atoms with E-state index in [2.05, 4.69) is 0 Å². The van der Waals surface area contributed by atoms with E-state index in [1.165, 1.54) is 11.8 Å². The van der Waals surface area contributed by atoms with Crippen molar-refractivity contribution in [1.82, 2.24) is 4.90 Å². The molecule has 0 saturated carbocycles. The number of carbonyl (C=O) groups excluding carboxylic acids is 2. The van der Waals surface area contributed by atoms with Gasteiger partial charge in [0.15, 0.2) is 0 Å². The highest BCUT2D eigenvalue weighted by Gasteiger charge is 2.15. The molecule has 0 aliphatic heterocycles. The molecule has 0 aromatic carbocycles. The molecular formula is C12H24N2O3S. The van der Waals surface area contributed by atoms with E-state index in [-0.39, 0.29) is 17.9 Å². The van der Waals surface area contributed by atoms with Crippen molar-refractivity contribution in [2.24, 2.45) is 5.73 Å². The number of nitrogens with zero attached hydrogens (tertiary/aromatic N) is 1. The number of carbonyl (C=O) groups is 2. The molecule has 5 nitrogen and oxygen atoms in total. The molecule has 0 saturated heterocycles. The van der Waals surface area contributed by atoms with Crippen molar-refractivity contribution in [2.45, 2.75) is 39.3 Å². The number of hydrogen-bond acceptors (Lipinski definition) is 5. The van der Waals surface area contributed by atoms with Crippen molar-refractivity contribution in [3.63, 3.8) is 0 Å². The SMILES string of the molecule is CCOC(=O)C(N)CCSCC(=O)N(C)C(C)C. The lowest BCUT2D eigenvalue weighted by Gasteiger charge is -2.21. The van der Waals surface area contributed by atoms with E-state index >= 15 is 0 Å². The molecule has 18 heavy (non-hydrogen) atoms. The standard InChI is InChI=1S/C12H24N2O3S/c1-5-17-12(16)10(13)6-7-18-8-11(15)14(4)9(2)3/h9-10H,5-8,13H2,1-4H3. The van der Waals surface area contributed by atoms with Crippen LogP contribution in [0.5, 0.6) is 0 Å². The highest BCUT2D eigenvalue weighted by Crippen LogP contribution is 2.07. The molecule has 106 valence electrons. The van der Waals surface area contributed by atoms with E-state index in [9.17, 15) is 9.59 Å². The quantitative estimate of drug-likeness (QED) is 0.526. The van der Waals surface area contributed by atoms with E-state index in [1.54, 1.807) is 18.9 Å². The van der Waals surface area contributed by atoms with Crippen LogP contribution < -0.4 is 5.73 Å². The van der Waals surface area contributed by atoms with Crippen molar-refractivity contribution in [3.05, 3.63) is 0 Å². The molecule has 0 spiro atoms. The minimum absolute atomic E-state index is 0.0970. The Labute approximate surface area is 113 Å². The van der Waals surface area contributed by atoms with Crippen molar-refractivity contribution in [1.29, 1.82) is 0 Å². The zero-order valence-electron chi connectivity index (χ0n) is 11.6. The first-order valence-corrected chi connectivity index (χ1v) is 7.31. The maximum atomic E-state index is 11.6. The van der Waals surface area contributed by atoms with Gasteiger partial charge in [0, 0.05) is 13.1 Å². The van der Waals surface area contributed by atoms with Crippen LogP contribution in [-0.4, -0.2) is 54.0 Å². The van der Waals surface area contributed by atoms with Gasteiger partial charge in [-0.25, -0.2) is 0 Å². The second-order valence-electron chi connectivity index (χ2n) is 4.30. The molecule has 0 heterocycles. The summed E-state index contributed by atoms with van der Waals surface area (Å²) in [5, 5.41) is 0. The van der Waals surface area contributed by atoms with Gasteiger partial charge in [0.2, 0.25) is 5.91 Å². The summed E-state index contributed by atoms with van der Waals surface area (Å²) < 4.78 is 4.80. The Morgan fingerprint density at radius 2 is 2.00 bits per heavy atom. The van der Waals surface area contributed by atoms with E-state index in [0.29, 0.717) is 24.5 Å². The Balaban J connectivity index is 3.74. The monoisotopic (exact) mass is 276 g/mol. The van der Waals surface area contributed by atoms with Gasteiger partial charge in [-0.15, -0.1) is 0 Å². The summed E-state index contributed by atoms with van der Waals surface area (Å²) in [7, 11) is 1.79. The van der Waals surface area contributed by atoms with Gasteiger partial charge in [-0.05, 0) is 32.9 Å². The number of ether oxygens (including phenoxy) is 1. The fourth-order valence-electron chi connectivity index (χ4n) is 1.13. The number of rotatable bonds is 8. The van der Waals surface area contributed by atoms with Crippen molar-refractivity contribution in [2.75, 3.05) is 25.2 Å². The third kappa shape index (κ3) is 6.86. The normalized spacial score (nSPS) is 12.3. The highest BCUT2D eigenvalue weighted by molar-refractivity contribution is 7.99. The summed E-state index contributed by atoms with van der Waals surface area (Å²) in [5.74, 6) is 0.824. The lowest BCUT2D eigenvalue weighted by atomic mass is 10.2. The smallest absolute Gasteiger partial charge is 0.322 e. The molecule has 0 aliphatic carbocycles. The molecule has 1 amide bonds. The topological polar surface area (TPSA) is 72.6 Å². The number of thioether (sulfide) groups is 1. The second kappa shape index (κ2) is 9.22. The molecular weight excluding hydrogens is 252 g/mol. The Morgan fingerprint density at radius 3 is 2.50 bits per heavy atom. The maximum Gasteiger partial charge on any atom is 0.322 e. The summed E-state index contributed by atoms with van der Waals surface area (Å²) >= 11 is 1.49. The van der Waals surface area contributed by atoms with Gasteiger partial charge in [0.1, 0.15) is 6.04 Å². The first-order chi connectivity index (χ1) is 8.40. The average molecular weight is 276 g/mol. The Hall–Kier alpha value is -0.750. The maximum absolute atomic E-state index is 11.6. The summed E-state index contributed by atoms with van der Waals surface area (Å²) in [4.78, 5) is 24.6. The molecule has 1 unspecified atom stereocenters. The number of esters is 1. The molecule has 0 fully saturated rings. The van der Waals surface area contributed by atoms with E-state index < -0.39 is 6.04 Å². The predicted molar refractivity (Wildman–Crippen MR) is 74.5 cm³/mol. The molecule has 6 heteroatoms. The summed E-state index contributed by atoms with van der Waals surface area (Å²) in [6, 6.07) is -0.379. The van der Waals surface area contributed by atoms with Crippen molar-refractivity contribution in [3.8, 4) is 0 Å². The Morgan fingerprint density at radius 1 is 1.39 bits per heavy atom. The van der Waals surface area contributed by atoms with Gasteiger partial charge in [0.25, 0.3) is 0 Å². The molecule has 0 aliphatic rings. The fourth-order valence-corrected chi connectivity index (χ4v) is 2.07. The number of hydrogen-bond donors (Lipinski definition) is 1. The fraction of sp³-hybridized carbons (Fsp3) is 0.833. The van der Waals surface area contributed by atoms with Crippen LogP contribution in [0.1, 0.15) is 27.2 Å². The van der Waals surface area contributed by atoms with E-state index in [0.717, 1.165) is 0 Å². The van der Waals surface area contributed by atoms with E-state index in [4.69, 9.17) is 10.5 Å². The van der Waals surface area contributed by atoms with Gasteiger partial charge in [0.05, 0.1) is 12.4 Å². The Kier molecular flexibility index (Phi) is 8.83. The van der Waals surface area contributed by atoms with Gasteiger partial charge in [-0.1, -0.05) is 0 Å². The molecule has 0 radical (unpaired) electrons. The first kappa shape index (κ1) is 17.2. The first-order valence-electron chi connectivity index (χ1n) is 6.15. The lowest BCUT2D eigenvalue weighted by molar-refractivity contribution is -0.144. The van der Waals surface area contributed by atoms with Crippen LogP contribution in [0, 0.1) is 0 Å². The molecule has 1 atom stereocenters. The van der Waals surface area contributed by atoms with Gasteiger partial charge >= 0.3 is 5.97 Å². The lowest BCUT2D eigenvalue weighted by Crippen LogP contribution is -2.35. The van der Waals surface area contributed by atoms with Crippen LogP contribution in [-0.2, 0) is 14.3 Å². The summed E-state index contributed by atoms with van der Waals surface area (Å²) in [6.07, 6.45) is 0.530. The van der Waals surface area contributed by atoms with Crippen LogP contribution in [0.2, 0.25) is 0 Å². The summed E-state index contributed by atoms with van der Waals surface area (Å²) in [5.41, 5.74) is 5.64. The largest absolute Gasteiger partial charge is 0.465 e. The minimum Gasteiger partial charge on any atom is -0.465 e. The van der Waals surface area contributed by atoms with Crippen LogP contribution >= 0.6 is 11.8 Å². The number of amides is 1. The van der Waals surface area contributed by atoms with Crippen LogP contribution in [0.4, 0.5) is 0 Å². The minimum atomic E-state index is -0.588. The third-order valence-electron chi connectivity index (χ3n) is 2.56. The van der Waals surface area contributed by atoms with Crippen molar-refractivity contribution < 1.29 is 14.3 Å². The highest BCUT2D eigenvalue weighted by atomic mass is 32.2. The van der Waals surface area contributed by atoms with Crippen molar-refractivity contribution >= 4 is 23.6 Å². The van der Waals surface area contributed by atoms with Crippen LogP contribution in [0.25, 0.3) is 0 Å².